The molecule has 1 aromatic carbocycles. The number of hydrazone groups is 1. The van der Waals surface area contributed by atoms with E-state index in [4.69, 9.17) is 5.10 Å². The fourth-order valence-electron chi connectivity index (χ4n) is 2.38. The highest BCUT2D eigenvalue weighted by Gasteiger charge is 2.42. The van der Waals surface area contributed by atoms with Gasteiger partial charge >= 0.3 is 5.82 Å². The van der Waals surface area contributed by atoms with Gasteiger partial charge in [0.2, 0.25) is 0 Å². The van der Waals surface area contributed by atoms with Crippen molar-refractivity contribution in [3.05, 3.63) is 47.4 Å². The predicted molar refractivity (Wildman–Crippen MR) is 77.9 cm³/mol. The maximum Gasteiger partial charge on any atom is 0.307 e. The van der Waals surface area contributed by atoms with E-state index in [2.05, 4.69) is 48.5 Å². The first-order valence-corrected chi connectivity index (χ1v) is 6.73. The van der Waals surface area contributed by atoms with Crippen LogP contribution in [0.15, 0.2) is 47.0 Å². The number of benzene rings is 1. The molecule has 3 rings (SSSR count). The summed E-state index contributed by atoms with van der Waals surface area (Å²) >= 11 is 0. The van der Waals surface area contributed by atoms with Gasteiger partial charge in [0.25, 0.3) is 0 Å². The van der Waals surface area contributed by atoms with Gasteiger partial charge in [0, 0.05) is 16.1 Å². The van der Waals surface area contributed by atoms with Crippen molar-refractivity contribution >= 4 is 5.71 Å². The van der Waals surface area contributed by atoms with Gasteiger partial charge in [-0.1, -0.05) is 30.3 Å². The zero-order valence-electron chi connectivity index (χ0n) is 11.7. The van der Waals surface area contributed by atoms with E-state index in [1.165, 1.54) is 0 Å². The molecule has 1 fully saturated rings. The number of rotatable bonds is 2. The first-order chi connectivity index (χ1) is 9.04. The van der Waals surface area contributed by atoms with Crippen LogP contribution in [-0.4, -0.2) is 24.3 Å². The normalized spacial score (nSPS) is 19.2. The second-order valence-electron chi connectivity index (χ2n) is 5.96. The number of fused-ring (bicyclic) bond motifs is 1. The summed E-state index contributed by atoms with van der Waals surface area (Å²) < 4.78 is 0. The lowest BCUT2D eigenvalue weighted by Gasteiger charge is -2.22. The maximum absolute atomic E-state index is 4.74. The molecule has 1 saturated heterocycles. The van der Waals surface area contributed by atoms with Crippen molar-refractivity contribution in [2.45, 2.75) is 26.3 Å². The van der Waals surface area contributed by atoms with Gasteiger partial charge in [-0.3, -0.25) is 0 Å². The van der Waals surface area contributed by atoms with Crippen LogP contribution in [0.25, 0.3) is 0 Å². The average molecular weight is 256 g/mol. The van der Waals surface area contributed by atoms with Crippen molar-refractivity contribution in [2.75, 3.05) is 13.1 Å². The summed E-state index contributed by atoms with van der Waals surface area (Å²) in [5.41, 5.74) is 3.30. The Hall–Kier alpha value is -1.81. The monoisotopic (exact) mass is 256 g/mol. The summed E-state index contributed by atoms with van der Waals surface area (Å²) in [4.78, 5) is 0. The molecule has 0 unspecified atom stereocenters. The summed E-state index contributed by atoms with van der Waals surface area (Å²) in [5, 5.41) is 13.8. The maximum atomic E-state index is 4.74. The Bertz CT molecular complexity index is 537. The van der Waals surface area contributed by atoms with Crippen molar-refractivity contribution < 1.29 is 0 Å². The van der Waals surface area contributed by atoms with E-state index < -0.39 is 0 Å². The minimum absolute atomic E-state index is 0.0121. The Kier molecular flexibility index (Phi) is 2.82. The Morgan fingerprint density at radius 1 is 1.21 bits per heavy atom. The van der Waals surface area contributed by atoms with Crippen molar-refractivity contribution in [1.82, 2.24) is 15.6 Å². The molecule has 0 spiro atoms. The molecule has 99 valence electrons. The molecule has 0 bridgehead atoms. The largest absolute Gasteiger partial charge is 0.372 e. The first kappa shape index (κ1) is 12.2. The number of allylic oxidation sites excluding steroid dienone is 1. The molecule has 2 N–H and O–H groups in total. The molecule has 1 radical (unpaired) electrons. The lowest BCUT2D eigenvalue weighted by molar-refractivity contribution is 0.476. The van der Waals surface area contributed by atoms with Crippen LogP contribution in [0.3, 0.4) is 0 Å². The zero-order chi connectivity index (χ0) is 13.5. The van der Waals surface area contributed by atoms with Gasteiger partial charge in [0.15, 0.2) is 18.0 Å². The Balaban J connectivity index is 2.00. The second kappa shape index (κ2) is 4.38. The van der Waals surface area contributed by atoms with E-state index in [9.17, 15) is 0 Å². The highest BCUT2D eigenvalue weighted by Crippen LogP contribution is 2.23. The lowest BCUT2D eigenvalue weighted by Crippen LogP contribution is -2.39. The summed E-state index contributed by atoms with van der Waals surface area (Å²) in [5.74, 6) is 1.11. The molecular formula is C15H20N4+. The van der Waals surface area contributed by atoms with Crippen LogP contribution >= 0.6 is 0 Å². The molecule has 0 aromatic heterocycles. The van der Waals surface area contributed by atoms with E-state index in [-0.39, 0.29) is 5.54 Å². The highest BCUT2D eigenvalue weighted by atomic mass is 15.6. The van der Waals surface area contributed by atoms with Crippen molar-refractivity contribution in [3.8, 4) is 0 Å². The molecule has 0 amide bonds. The Morgan fingerprint density at radius 3 is 2.63 bits per heavy atom. The third-order valence-corrected chi connectivity index (χ3v) is 3.12. The minimum Gasteiger partial charge on any atom is -0.372 e. The van der Waals surface area contributed by atoms with E-state index >= 15 is 0 Å². The fraction of sp³-hybridized carbons (Fsp3) is 0.400. The van der Waals surface area contributed by atoms with E-state index in [0.717, 1.165) is 35.9 Å². The van der Waals surface area contributed by atoms with Crippen molar-refractivity contribution in [3.63, 3.8) is 0 Å². The van der Waals surface area contributed by atoms with Crippen molar-refractivity contribution in [1.29, 1.82) is 0 Å². The van der Waals surface area contributed by atoms with Gasteiger partial charge in [-0.05, 0) is 25.9 Å². The zero-order valence-corrected chi connectivity index (χ0v) is 11.7. The molecule has 2 aliphatic heterocycles. The molecule has 0 aliphatic carbocycles. The molecule has 2 heterocycles. The molecule has 1 aromatic rings. The van der Waals surface area contributed by atoms with Gasteiger partial charge < -0.3 is 10.6 Å². The SMILES string of the molecule is CC(C)(C)NC1=C2NCC[N+]2N=C1c1ccccc1. The van der Waals surface area contributed by atoms with Crippen molar-refractivity contribution in [2.24, 2.45) is 5.10 Å². The standard InChI is InChI=1S/C15H20N4/c1-15(2,3)17-13-12(11-7-5-4-6-8-11)18-19-10-9-16-14(13)19/h4-8,16-17H,9-10H2,1-3H3/q+1. The van der Waals surface area contributed by atoms with E-state index in [0.29, 0.717) is 0 Å². The second-order valence-corrected chi connectivity index (χ2v) is 5.96. The Labute approximate surface area is 114 Å². The van der Waals surface area contributed by atoms with Crippen LogP contribution in [0.2, 0.25) is 0 Å². The lowest BCUT2D eigenvalue weighted by atomic mass is 10.0. The molecular weight excluding hydrogens is 236 g/mol. The summed E-state index contributed by atoms with van der Waals surface area (Å²) in [6, 6.07) is 10.3. The average Bonchev–Trinajstić information content (AvgIpc) is 2.92. The van der Waals surface area contributed by atoms with Crippen LogP contribution in [0.4, 0.5) is 0 Å². The third kappa shape index (κ3) is 2.36. The van der Waals surface area contributed by atoms with Crippen LogP contribution in [0.5, 0.6) is 0 Å². The van der Waals surface area contributed by atoms with Crippen LogP contribution < -0.4 is 15.6 Å². The smallest absolute Gasteiger partial charge is 0.307 e. The summed E-state index contributed by atoms with van der Waals surface area (Å²) in [6.45, 7) is 8.39. The summed E-state index contributed by atoms with van der Waals surface area (Å²) in [7, 11) is 0. The first-order valence-electron chi connectivity index (χ1n) is 6.73. The molecule has 0 saturated carbocycles. The van der Waals surface area contributed by atoms with Gasteiger partial charge in [0.05, 0.1) is 6.54 Å². The Morgan fingerprint density at radius 2 is 1.95 bits per heavy atom. The molecule has 19 heavy (non-hydrogen) atoms. The molecule has 2 aliphatic rings. The number of nitrogens with zero attached hydrogens (tertiary/aromatic N) is 2. The molecule has 0 atom stereocenters. The third-order valence-electron chi connectivity index (χ3n) is 3.12. The van der Waals surface area contributed by atoms with Gasteiger partial charge in [-0.2, -0.15) is 0 Å². The highest BCUT2D eigenvalue weighted by molar-refractivity contribution is 6.13. The van der Waals surface area contributed by atoms with Crippen LogP contribution in [0.1, 0.15) is 26.3 Å². The number of nitrogens with one attached hydrogen (secondary N) is 2. The quantitative estimate of drug-likeness (QED) is 0.791. The predicted octanol–water partition coefficient (Wildman–Crippen LogP) is 1.70. The van der Waals surface area contributed by atoms with Crippen LogP contribution in [0, 0.1) is 0 Å². The van der Waals surface area contributed by atoms with E-state index in [1.54, 1.807) is 0 Å². The van der Waals surface area contributed by atoms with Crippen LogP contribution in [-0.2, 0) is 0 Å². The number of hydrogen-bond donors (Lipinski definition) is 2. The van der Waals surface area contributed by atoms with Gasteiger partial charge in [0.1, 0.15) is 0 Å². The fourth-order valence-corrected chi connectivity index (χ4v) is 2.38. The minimum atomic E-state index is 0.0121. The molecule has 4 heteroatoms. The van der Waals surface area contributed by atoms with Gasteiger partial charge in [-0.25, -0.2) is 0 Å². The van der Waals surface area contributed by atoms with E-state index in [1.807, 2.05) is 18.2 Å². The topological polar surface area (TPSA) is 42.3 Å². The number of hydrogen-bond acceptors (Lipinski definition) is 4. The van der Waals surface area contributed by atoms with Gasteiger partial charge in [-0.15, -0.1) is 0 Å². The summed E-state index contributed by atoms with van der Waals surface area (Å²) in [6.07, 6.45) is 0. The molecule has 4 nitrogen and oxygen atoms in total.